The lowest BCUT2D eigenvalue weighted by atomic mass is 9.88. The summed E-state index contributed by atoms with van der Waals surface area (Å²) in [6, 6.07) is 8.24. The Morgan fingerprint density at radius 1 is 1.10 bits per heavy atom. The number of nitrogens with two attached hydrogens (primary N) is 1. The van der Waals surface area contributed by atoms with E-state index in [1.807, 2.05) is 12.1 Å². The van der Waals surface area contributed by atoms with Crippen LogP contribution in [0.15, 0.2) is 24.3 Å². The third-order valence-corrected chi connectivity index (χ3v) is 6.89. The van der Waals surface area contributed by atoms with Crippen molar-refractivity contribution in [3.63, 3.8) is 0 Å². The van der Waals surface area contributed by atoms with E-state index in [0.29, 0.717) is 17.8 Å². The zero-order valence-corrected chi connectivity index (χ0v) is 16.9. The van der Waals surface area contributed by atoms with Crippen LogP contribution in [0.3, 0.4) is 0 Å². The number of hydrogen-bond acceptors (Lipinski definition) is 7. The third kappa shape index (κ3) is 3.57. The van der Waals surface area contributed by atoms with Crippen LogP contribution in [0.25, 0.3) is 0 Å². The van der Waals surface area contributed by atoms with Gasteiger partial charge in [0.25, 0.3) is 5.91 Å². The van der Waals surface area contributed by atoms with E-state index in [9.17, 15) is 4.79 Å². The summed E-state index contributed by atoms with van der Waals surface area (Å²) >= 11 is 0. The van der Waals surface area contributed by atoms with Gasteiger partial charge in [-0.3, -0.25) is 4.79 Å². The molecule has 8 nitrogen and oxygen atoms in total. The standard InChI is InChI=1S/C21H29N7O/c1-26-8-10-27(11-9-26)17-6-4-16(5-7-17)23-21-24-20(22)28(25-21)19(29)18-13-14-2-3-15(18)12-14/h4-7,14-15,18H,2-3,8-13H2,1H3,(H3,22,23,24,25). The predicted molar refractivity (Wildman–Crippen MR) is 113 cm³/mol. The van der Waals surface area contributed by atoms with Gasteiger partial charge in [0, 0.05) is 43.5 Å². The van der Waals surface area contributed by atoms with Gasteiger partial charge in [0.15, 0.2) is 0 Å². The lowest BCUT2D eigenvalue weighted by Gasteiger charge is -2.34. The maximum Gasteiger partial charge on any atom is 0.253 e. The van der Waals surface area contributed by atoms with Crippen LogP contribution in [0.1, 0.15) is 30.5 Å². The fourth-order valence-corrected chi connectivity index (χ4v) is 5.19. The Hall–Kier alpha value is -2.61. The maximum absolute atomic E-state index is 12.9. The van der Waals surface area contributed by atoms with Crippen molar-refractivity contribution in [3.05, 3.63) is 24.3 Å². The highest BCUT2D eigenvalue weighted by atomic mass is 16.2. The van der Waals surface area contributed by atoms with E-state index in [0.717, 1.165) is 44.7 Å². The number of aromatic nitrogens is 3. The molecular weight excluding hydrogens is 366 g/mol. The van der Waals surface area contributed by atoms with Crippen LogP contribution < -0.4 is 16.0 Å². The number of fused-ring (bicyclic) bond motifs is 2. The predicted octanol–water partition coefficient (Wildman–Crippen LogP) is 2.43. The van der Waals surface area contributed by atoms with E-state index < -0.39 is 0 Å². The second-order valence-corrected chi connectivity index (χ2v) is 8.79. The topological polar surface area (TPSA) is 92.3 Å². The number of anilines is 4. The molecule has 2 aliphatic carbocycles. The van der Waals surface area contributed by atoms with Crippen molar-refractivity contribution in [1.82, 2.24) is 19.7 Å². The second-order valence-electron chi connectivity index (χ2n) is 8.79. The first-order chi connectivity index (χ1) is 14.1. The van der Waals surface area contributed by atoms with Gasteiger partial charge in [-0.15, -0.1) is 5.10 Å². The molecule has 2 aromatic rings. The molecule has 2 heterocycles. The van der Waals surface area contributed by atoms with Gasteiger partial charge >= 0.3 is 0 Å². The molecule has 5 rings (SSSR count). The van der Waals surface area contributed by atoms with Gasteiger partial charge < -0.3 is 20.9 Å². The van der Waals surface area contributed by atoms with Gasteiger partial charge in [-0.05, 0) is 62.4 Å². The Balaban J connectivity index is 1.25. The van der Waals surface area contributed by atoms with Crippen LogP contribution >= 0.6 is 0 Å². The normalized spacial score (nSPS) is 26.8. The molecule has 29 heavy (non-hydrogen) atoms. The Morgan fingerprint density at radius 2 is 1.86 bits per heavy atom. The van der Waals surface area contributed by atoms with Crippen molar-refractivity contribution in [2.24, 2.45) is 17.8 Å². The van der Waals surface area contributed by atoms with Crippen LogP contribution in [0, 0.1) is 17.8 Å². The summed E-state index contributed by atoms with van der Waals surface area (Å²) in [6.07, 6.45) is 4.56. The number of piperazine rings is 1. The van der Waals surface area contributed by atoms with E-state index in [1.165, 1.54) is 23.2 Å². The number of hydrogen-bond donors (Lipinski definition) is 2. The summed E-state index contributed by atoms with van der Waals surface area (Å²) in [5.41, 5.74) is 8.11. The van der Waals surface area contributed by atoms with Crippen LogP contribution in [0.4, 0.5) is 23.3 Å². The van der Waals surface area contributed by atoms with Crippen molar-refractivity contribution < 1.29 is 4.79 Å². The van der Waals surface area contributed by atoms with Gasteiger partial charge in [0.2, 0.25) is 11.9 Å². The van der Waals surface area contributed by atoms with Crippen LogP contribution in [0.5, 0.6) is 0 Å². The van der Waals surface area contributed by atoms with Crippen molar-refractivity contribution >= 4 is 29.2 Å². The summed E-state index contributed by atoms with van der Waals surface area (Å²) in [5, 5.41) is 7.54. The molecule has 2 bridgehead atoms. The quantitative estimate of drug-likeness (QED) is 0.821. The van der Waals surface area contributed by atoms with Crippen molar-refractivity contribution in [1.29, 1.82) is 0 Å². The lowest BCUT2D eigenvalue weighted by molar-refractivity contribution is 0.0772. The van der Waals surface area contributed by atoms with E-state index in [1.54, 1.807) is 0 Å². The molecule has 154 valence electrons. The molecular formula is C21H29N7O. The molecule has 1 aromatic carbocycles. The number of carbonyl (C=O) groups is 1. The molecule has 0 radical (unpaired) electrons. The maximum atomic E-state index is 12.9. The Kier molecular flexibility index (Phi) is 4.66. The fraction of sp³-hybridized carbons (Fsp3) is 0.571. The molecule has 1 aromatic heterocycles. The highest BCUT2D eigenvalue weighted by Crippen LogP contribution is 2.48. The lowest BCUT2D eigenvalue weighted by Crippen LogP contribution is -2.44. The summed E-state index contributed by atoms with van der Waals surface area (Å²) in [7, 11) is 2.16. The third-order valence-electron chi connectivity index (χ3n) is 6.89. The summed E-state index contributed by atoms with van der Waals surface area (Å²) in [5.74, 6) is 1.78. The van der Waals surface area contributed by atoms with Gasteiger partial charge in [0.05, 0.1) is 0 Å². The SMILES string of the molecule is CN1CCN(c2ccc(Nc3nc(N)n(C(=O)C4CC5CCC4C5)n3)cc2)CC1. The van der Waals surface area contributed by atoms with E-state index in [-0.39, 0.29) is 17.8 Å². The van der Waals surface area contributed by atoms with Crippen molar-refractivity contribution in [3.8, 4) is 0 Å². The minimum atomic E-state index is 0.000615. The highest BCUT2D eigenvalue weighted by Gasteiger charge is 2.44. The minimum absolute atomic E-state index is 0.000615. The average molecular weight is 396 g/mol. The number of carbonyl (C=O) groups excluding carboxylic acids is 1. The second kappa shape index (κ2) is 7.33. The van der Waals surface area contributed by atoms with E-state index in [4.69, 9.17) is 5.73 Å². The first-order valence-corrected chi connectivity index (χ1v) is 10.6. The zero-order valence-electron chi connectivity index (χ0n) is 16.9. The average Bonchev–Trinajstić information content (AvgIpc) is 3.45. The molecule has 0 amide bonds. The van der Waals surface area contributed by atoms with Gasteiger partial charge in [0.1, 0.15) is 0 Å². The Bertz CT molecular complexity index is 885. The van der Waals surface area contributed by atoms with Crippen LogP contribution in [-0.4, -0.2) is 58.8 Å². The number of likely N-dealkylation sites (N-methyl/N-ethyl adjacent to an activating group) is 1. The van der Waals surface area contributed by atoms with Crippen LogP contribution in [-0.2, 0) is 0 Å². The number of benzene rings is 1. The molecule has 1 saturated heterocycles. The molecule has 3 fully saturated rings. The first kappa shape index (κ1) is 18.4. The molecule has 3 aliphatic rings. The van der Waals surface area contributed by atoms with Crippen molar-refractivity contribution in [2.75, 3.05) is 49.2 Å². The molecule has 1 aliphatic heterocycles. The van der Waals surface area contributed by atoms with Gasteiger partial charge in [-0.1, -0.05) is 6.42 Å². The van der Waals surface area contributed by atoms with Crippen molar-refractivity contribution in [2.45, 2.75) is 25.7 Å². The smallest absolute Gasteiger partial charge is 0.253 e. The largest absolute Gasteiger partial charge is 0.369 e. The summed E-state index contributed by atoms with van der Waals surface area (Å²) in [4.78, 5) is 21.9. The molecule has 3 atom stereocenters. The molecule has 3 N–H and O–H groups in total. The minimum Gasteiger partial charge on any atom is -0.369 e. The van der Waals surface area contributed by atoms with Gasteiger partial charge in [-0.2, -0.15) is 9.67 Å². The first-order valence-electron chi connectivity index (χ1n) is 10.6. The summed E-state index contributed by atoms with van der Waals surface area (Å²) < 4.78 is 1.30. The number of nitrogen functional groups attached to an aromatic ring is 1. The molecule has 3 unspecified atom stereocenters. The molecule has 2 saturated carbocycles. The zero-order chi connectivity index (χ0) is 20.0. The number of nitrogens with zero attached hydrogens (tertiary/aromatic N) is 5. The highest BCUT2D eigenvalue weighted by molar-refractivity contribution is 5.84. The Morgan fingerprint density at radius 3 is 2.52 bits per heavy atom. The summed E-state index contributed by atoms with van der Waals surface area (Å²) in [6.45, 7) is 4.24. The van der Waals surface area contributed by atoms with E-state index >= 15 is 0 Å². The number of nitrogens with one attached hydrogen (secondary N) is 1. The van der Waals surface area contributed by atoms with Gasteiger partial charge in [-0.25, -0.2) is 0 Å². The molecule has 8 heteroatoms. The number of rotatable bonds is 4. The van der Waals surface area contributed by atoms with E-state index in [2.05, 4.69) is 44.4 Å². The van der Waals surface area contributed by atoms with Crippen LogP contribution in [0.2, 0.25) is 0 Å². The monoisotopic (exact) mass is 395 g/mol. The Labute approximate surface area is 171 Å². The molecule has 0 spiro atoms. The fourth-order valence-electron chi connectivity index (χ4n) is 5.19.